The van der Waals surface area contributed by atoms with E-state index < -0.39 is 0 Å². The lowest BCUT2D eigenvalue weighted by atomic mass is 10.1. The van der Waals surface area contributed by atoms with E-state index in [0.717, 1.165) is 16.3 Å². The van der Waals surface area contributed by atoms with E-state index >= 15 is 0 Å². The van der Waals surface area contributed by atoms with Crippen LogP contribution in [0.2, 0.25) is 0 Å². The monoisotopic (exact) mass is 220 g/mol. The minimum absolute atomic E-state index is 0.0800. The van der Waals surface area contributed by atoms with Gasteiger partial charge in [-0.2, -0.15) is 0 Å². The van der Waals surface area contributed by atoms with Crippen LogP contribution in [0.1, 0.15) is 22.3 Å². The molecule has 1 unspecified atom stereocenters. The van der Waals surface area contributed by atoms with Gasteiger partial charge in [-0.1, -0.05) is 6.07 Å². The second-order valence-electron chi connectivity index (χ2n) is 3.18. The Labute approximate surface area is 92.2 Å². The number of hydrazine groups is 1. The molecule has 78 valence electrons. The van der Waals surface area contributed by atoms with E-state index in [1.807, 2.05) is 24.4 Å². The fourth-order valence-electron chi connectivity index (χ4n) is 1.41. The van der Waals surface area contributed by atoms with Gasteiger partial charge in [-0.3, -0.25) is 10.8 Å². The zero-order valence-corrected chi connectivity index (χ0v) is 9.16. The summed E-state index contributed by atoms with van der Waals surface area (Å²) < 4.78 is 0. The molecule has 0 saturated carbocycles. The van der Waals surface area contributed by atoms with Gasteiger partial charge in [0.15, 0.2) is 0 Å². The van der Waals surface area contributed by atoms with Gasteiger partial charge in [0.05, 0.1) is 16.7 Å². The van der Waals surface area contributed by atoms with E-state index in [1.54, 1.807) is 23.7 Å². The lowest BCUT2D eigenvalue weighted by Gasteiger charge is -2.12. The predicted molar refractivity (Wildman–Crippen MR) is 60.3 cm³/mol. The topological polar surface area (TPSA) is 63.8 Å². The number of hydrogen-bond donors (Lipinski definition) is 2. The van der Waals surface area contributed by atoms with Crippen LogP contribution in [-0.2, 0) is 0 Å². The Kier molecular flexibility index (Phi) is 3.05. The Hall–Kier alpha value is -1.30. The van der Waals surface area contributed by atoms with Gasteiger partial charge in [-0.05, 0) is 18.6 Å². The maximum absolute atomic E-state index is 5.53. The number of thiazole rings is 1. The van der Waals surface area contributed by atoms with Crippen molar-refractivity contribution in [2.45, 2.75) is 13.0 Å². The summed E-state index contributed by atoms with van der Waals surface area (Å²) in [6.07, 6.45) is 3.53. The second kappa shape index (κ2) is 4.48. The Morgan fingerprint density at radius 2 is 2.40 bits per heavy atom. The molecule has 2 aromatic heterocycles. The van der Waals surface area contributed by atoms with E-state index in [4.69, 9.17) is 5.84 Å². The van der Waals surface area contributed by atoms with Crippen LogP contribution in [0.4, 0.5) is 0 Å². The average Bonchev–Trinajstić information content (AvgIpc) is 2.68. The van der Waals surface area contributed by atoms with E-state index in [1.165, 1.54) is 0 Å². The summed E-state index contributed by atoms with van der Waals surface area (Å²) >= 11 is 1.62. The van der Waals surface area contributed by atoms with Gasteiger partial charge in [0.25, 0.3) is 0 Å². The number of rotatable bonds is 3. The van der Waals surface area contributed by atoms with Gasteiger partial charge in [-0.25, -0.2) is 10.4 Å². The van der Waals surface area contributed by atoms with Gasteiger partial charge in [0.2, 0.25) is 0 Å². The van der Waals surface area contributed by atoms with Crippen LogP contribution < -0.4 is 11.3 Å². The zero-order valence-electron chi connectivity index (χ0n) is 8.34. The van der Waals surface area contributed by atoms with Crippen molar-refractivity contribution < 1.29 is 0 Å². The molecule has 0 aliphatic carbocycles. The smallest absolute Gasteiger partial charge is 0.0904 e. The number of aryl methyl sites for hydroxylation is 1. The number of nitrogens with zero attached hydrogens (tertiary/aromatic N) is 2. The number of aromatic nitrogens is 2. The normalized spacial score (nSPS) is 12.7. The molecule has 4 nitrogen and oxygen atoms in total. The molecule has 2 heterocycles. The molecule has 1 atom stereocenters. The highest BCUT2D eigenvalue weighted by atomic mass is 32.1. The summed E-state index contributed by atoms with van der Waals surface area (Å²) in [5.41, 5.74) is 4.71. The lowest BCUT2D eigenvalue weighted by molar-refractivity contribution is 0.621. The molecule has 0 saturated heterocycles. The molecule has 0 spiro atoms. The molecule has 0 fully saturated rings. The molecule has 15 heavy (non-hydrogen) atoms. The van der Waals surface area contributed by atoms with Gasteiger partial charge < -0.3 is 0 Å². The summed E-state index contributed by atoms with van der Waals surface area (Å²) in [5, 5.41) is 3.04. The molecule has 0 aliphatic rings. The van der Waals surface area contributed by atoms with Crippen LogP contribution in [0, 0.1) is 6.92 Å². The SMILES string of the molecule is Cc1nc(C(NN)c2cccnc2)cs1. The predicted octanol–water partition coefficient (Wildman–Crippen LogP) is 1.40. The molecule has 0 bridgehead atoms. The van der Waals surface area contributed by atoms with Crippen molar-refractivity contribution in [3.63, 3.8) is 0 Å². The average molecular weight is 220 g/mol. The van der Waals surface area contributed by atoms with E-state index in [2.05, 4.69) is 15.4 Å². The first-order valence-electron chi connectivity index (χ1n) is 4.59. The molecule has 2 aromatic rings. The van der Waals surface area contributed by atoms with Crippen molar-refractivity contribution in [2.24, 2.45) is 5.84 Å². The highest BCUT2D eigenvalue weighted by molar-refractivity contribution is 7.09. The maximum atomic E-state index is 5.53. The minimum atomic E-state index is -0.0800. The van der Waals surface area contributed by atoms with Crippen LogP contribution in [0.25, 0.3) is 0 Å². The number of pyridine rings is 1. The first-order chi connectivity index (χ1) is 7.31. The Morgan fingerprint density at radius 1 is 1.53 bits per heavy atom. The number of nitrogens with two attached hydrogens (primary N) is 1. The van der Waals surface area contributed by atoms with Gasteiger partial charge in [0, 0.05) is 17.8 Å². The van der Waals surface area contributed by atoms with Crippen molar-refractivity contribution in [2.75, 3.05) is 0 Å². The largest absolute Gasteiger partial charge is 0.271 e. The maximum Gasteiger partial charge on any atom is 0.0904 e. The Bertz CT molecular complexity index is 426. The fraction of sp³-hybridized carbons (Fsp3) is 0.200. The third kappa shape index (κ3) is 2.20. The Morgan fingerprint density at radius 3 is 2.93 bits per heavy atom. The summed E-state index contributed by atoms with van der Waals surface area (Å²) in [7, 11) is 0. The highest BCUT2D eigenvalue weighted by Gasteiger charge is 2.14. The van der Waals surface area contributed by atoms with Crippen molar-refractivity contribution >= 4 is 11.3 Å². The van der Waals surface area contributed by atoms with Crippen molar-refractivity contribution in [3.8, 4) is 0 Å². The summed E-state index contributed by atoms with van der Waals surface area (Å²) in [5.74, 6) is 5.53. The molecule has 0 radical (unpaired) electrons. The van der Waals surface area contributed by atoms with Gasteiger partial charge >= 0.3 is 0 Å². The van der Waals surface area contributed by atoms with Crippen LogP contribution in [0.5, 0.6) is 0 Å². The van der Waals surface area contributed by atoms with Crippen LogP contribution in [0.3, 0.4) is 0 Å². The van der Waals surface area contributed by atoms with Crippen LogP contribution >= 0.6 is 11.3 Å². The summed E-state index contributed by atoms with van der Waals surface area (Å²) in [4.78, 5) is 8.47. The molecule has 0 amide bonds. The van der Waals surface area contributed by atoms with Crippen LogP contribution in [-0.4, -0.2) is 9.97 Å². The summed E-state index contributed by atoms with van der Waals surface area (Å²) in [6, 6.07) is 3.79. The van der Waals surface area contributed by atoms with Gasteiger partial charge in [0.1, 0.15) is 0 Å². The van der Waals surface area contributed by atoms with E-state index in [-0.39, 0.29) is 6.04 Å². The Balaban J connectivity index is 2.33. The van der Waals surface area contributed by atoms with Crippen molar-refractivity contribution in [3.05, 3.63) is 46.2 Å². The lowest BCUT2D eigenvalue weighted by Crippen LogP contribution is -2.29. The summed E-state index contributed by atoms with van der Waals surface area (Å²) in [6.45, 7) is 1.98. The number of hydrogen-bond acceptors (Lipinski definition) is 5. The van der Waals surface area contributed by atoms with Gasteiger partial charge in [-0.15, -0.1) is 11.3 Å². The van der Waals surface area contributed by atoms with Crippen molar-refractivity contribution in [1.82, 2.24) is 15.4 Å². The van der Waals surface area contributed by atoms with Crippen LogP contribution in [0.15, 0.2) is 29.9 Å². The fourth-order valence-corrected chi connectivity index (χ4v) is 2.05. The molecule has 3 N–H and O–H groups in total. The number of nitrogens with one attached hydrogen (secondary N) is 1. The molecular formula is C10H12N4S. The highest BCUT2D eigenvalue weighted by Crippen LogP contribution is 2.21. The molecule has 2 rings (SSSR count). The van der Waals surface area contributed by atoms with E-state index in [0.29, 0.717) is 0 Å². The third-order valence-electron chi connectivity index (χ3n) is 2.12. The second-order valence-corrected chi connectivity index (χ2v) is 4.24. The van der Waals surface area contributed by atoms with E-state index in [9.17, 15) is 0 Å². The minimum Gasteiger partial charge on any atom is -0.271 e. The first-order valence-corrected chi connectivity index (χ1v) is 5.47. The molecule has 5 heteroatoms. The molecule has 0 aromatic carbocycles. The molecule has 0 aliphatic heterocycles. The molecular weight excluding hydrogens is 208 g/mol. The standard InChI is InChI=1S/C10H12N4S/c1-7-13-9(6-15-7)10(14-11)8-3-2-4-12-5-8/h2-6,10,14H,11H2,1H3. The third-order valence-corrected chi connectivity index (χ3v) is 2.91. The zero-order chi connectivity index (χ0) is 10.7. The first kappa shape index (κ1) is 10.2. The van der Waals surface area contributed by atoms with Crippen molar-refractivity contribution in [1.29, 1.82) is 0 Å². The quantitative estimate of drug-likeness (QED) is 0.606.